The van der Waals surface area contributed by atoms with Crippen molar-refractivity contribution in [3.05, 3.63) is 23.8 Å². The minimum Gasteiger partial charge on any atom is -0.454 e. The maximum atomic E-state index is 5.87. The van der Waals surface area contributed by atoms with Crippen LogP contribution in [0.2, 0.25) is 0 Å². The summed E-state index contributed by atoms with van der Waals surface area (Å²) in [7, 11) is 4.11. The van der Waals surface area contributed by atoms with Crippen LogP contribution in [0.3, 0.4) is 0 Å². The van der Waals surface area contributed by atoms with Gasteiger partial charge in [-0.05, 0) is 45.1 Å². The first-order chi connectivity index (χ1) is 8.05. The Kier molecular flexibility index (Phi) is 3.26. The molecule has 1 unspecified atom stereocenters. The monoisotopic (exact) mass is 236 g/mol. The predicted octanol–water partition coefficient (Wildman–Crippen LogP) is 1.24. The van der Waals surface area contributed by atoms with Gasteiger partial charge in [0.25, 0.3) is 0 Å². The molecular formula is C13H20N2O2. The zero-order chi connectivity index (χ0) is 12.5. The van der Waals surface area contributed by atoms with Crippen molar-refractivity contribution < 1.29 is 9.47 Å². The minimum absolute atomic E-state index is 0.0340. The first-order valence-electron chi connectivity index (χ1n) is 5.81. The number of benzene rings is 1. The molecule has 0 amide bonds. The Hall–Kier alpha value is -1.26. The van der Waals surface area contributed by atoms with Crippen LogP contribution in [0.25, 0.3) is 0 Å². The maximum absolute atomic E-state index is 5.87. The van der Waals surface area contributed by atoms with E-state index in [2.05, 4.69) is 32.0 Å². The second kappa shape index (κ2) is 4.55. The molecule has 4 heteroatoms. The molecule has 2 rings (SSSR count). The van der Waals surface area contributed by atoms with E-state index in [0.29, 0.717) is 13.3 Å². The number of rotatable bonds is 4. The molecule has 4 nitrogen and oxygen atoms in total. The molecule has 1 aliphatic heterocycles. The number of hydrogen-bond acceptors (Lipinski definition) is 4. The highest BCUT2D eigenvalue weighted by Gasteiger charge is 2.26. The predicted molar refractivity (Wildman–Crippen MR) is 67.4 cm³/mol. The van der Waals surface area contributed by atoms with Crippen molar-refractivity contribution in [3.63, 3.8) is 0 Å². The molecule has 0 saturated heterocycles. The summed E-state index contributed by atoms with van der Waals surface area (Å²) in [6, 6.07) is 6.08. The number of nitrogens with two attached hydrogens (primary N) is 1. The average Bonchev–Trinajstić information content (AvgIpc) is 2.75. The van der Waals surface area contributed by atoms with Crippen molar-refractivity contribution in [2.45, 2.75) is 18.9 Å². The summed E-state index contributed by atoms with van der Waals surface area (Å²) in [5.74, 6) is 1.66. The first-order valence-corrected chi connectivity index (χ1v) is 5.81. The maximum Gasteiger partial charge on any atom is 0.231 e. The van der Waals surface area contributed by atoms with Crippen molar-refractivity contribution in [2.24, 2.45) is 5.73 Å². The Bertz CT molecular complexity index is 406. The van der Waals surface area contributed by atoms with Crippen LogP contribution < -0.4 is 15.2 Å². The third kappa shape index (κ3) is 2.37. The summed E-state index contributed by atoms with van der Waals surface area (Å²) >= 11 is 0. The number of ether oxygens (including phenoxy) is 2. The second-order valence-corrected chi connectivity index (χ2v) is 4.96. The molecule has 1 aliphatic rings. The van der Waals surface area contributed by atoms with Gasteiger partial charge in [-0.3, -0.25) is 0 Å². The van der Waals surface area contributed by atoms with Crippen molar-refractivity contribution in [1.29, 1.82) is 0 Å². The molecular weight excluding hydrogens is 216 g/mol. The first kappa shape index (κ1) is 12.2. The van der Waals surface area contributed by atoms with Gasteiger partial charge in [-0.1, -0.05) is 6.07 Å². The van der Waals surface area contributed by atoms with E-state index in [1.54, 1.807) is 0 Å². The third-order valence-electron chi connectivity index (χ3n) is 3.54. The van der Waals surface area contributed by atoms with E-state index in [1.807, 2.05) is 12.1 Å². The van der Waals surface area contributed by atoms with Crippen LogP contribution >= 0.6 is 0 Å². The van der Waals surface area contributed by atoms with Crippen LogP contribution in [0.15, 0.2) is 18.2 Å². The van der Waals surface area contributed by atoms with E-state index in [1.165, 1.54) is 5.56 Å². The molecule has 0 spiro atoms. The van der Waals surface area contributed by atoms with Gasteiger partial charge in [0, 0.05) is 12.1 Å². The highest BCUT2D eigenvalue weighted by atomic mass is 16.7. The van der Waals surface area contributed by atoms with E-state index >= 15 is 0 Å². The lowest BCUT2D eigenvalue weighted by Crippen LogP contribution is -2.49. The fraction of sp³-hybridized carbons (Fsp3) is 0.538. The topological polar surface area (TPSA) is 47.7 Å². The fourth-order valence-corrected chi connectivity index (χ4v) is 1.90. The second-order valence-electron chi connectivity index (χ2n) is 4.96. The van der Waals surface area contributed by atoms with Crippen LogP contribution in [0.5, 0.6) is 11.5 Å². The van der Waals surface area contributed by atoms with Crippen molar-refractivity contribution in [3.8, 4) is 11.5 Å². The SMILES string of the molecule is CN(C)C(C)(CN)Cc1ccc2c(c1)OCO2. The zero-order valence-corrected chi connectivity index (χ0v) is 10.7. The summed E-state index contributed by atoms with van der Waals surface area (Å²) in [5, 5.41) is 0. The summed E-state index contributed by atoms with van der Waals surface area (Å²) in [5.41, 5.74) is 7.06. The smallest absolute Gasteiger partial charge is 0.231 e. The van der Waals surface area contributed by atoms with Crippen LogP contribution in [-0.4, -0.2) is 37.9 Å². The molecule has 1 atom stereocenters. The van der Waals surface area contributed by atoms with Gasteiger partial charge in [-0.25, -0.2) is 0 Å². The van der Waals surface area contributed by atoms with Gasteiger partial charge in [0.05, 0.1) is 0 Å². The van der Waals surface area contributed by atoms with Gasteiger partial charge in [0.2, 0.25) is 6.79 Å². The molecule has 0 radical (unpaired) electrons. The summed E-state index contributed by atoms with van der Waals surface area (Å²) in [4.78, 5) is 2.16. The molecule has 2 N–H and O–H groups in total. The van der Waals surface area contributed by atoms with Gasteiger partial charge in [-0.2, -0.15) is 0 Å². The average molecular weight is 236 g/mol. The van der Waals surface area contributed by atoms with E-state index in [0.717, 1.165) is 17.9 Å². The lowest BCUT2D eigenvalue weighted by molar-refractivity contribution is 0.173. The minimum atomic E-state index is -0.0340. The summed E-state index contributed by atoms with van der Waals surface area (Å²) < 4.78 is 10.7. The summed E-state index contributed by atoms with van der Waals surface area (Å²) in [6.07, 6.45) is 0.896. The lowest BCUT2D eigenvalue weighted by atomic mass is 9.91. The Balaban J connectivity index is 2.18. The molecule has 94 valence electrons. The molecule has 0 aromatic heterocycles. The van der Waals surface area contributed by atoms with Gasteiger partial charge in [-0.15, -0.1) is 0 Å². The molecule has 0 fully saturated rings. The Labute approximate surface area is 102 Å². The molecule has 0 bridgehead atoms. The van der Waals surface area contributed by atoms with Crippen molar-refractivity contribution in [1.82, 2.24) is 4.90 Å². The molecule has 0 saturated carbocycles. The normalized spacial score (nSPS) is 17.2. The largest absolute Gasteiger partial charge is 0.454 e. The van der Waals surface area contributed by atoms with E-state index < -0.39 is 0 Å². The number of fused-ring (bicyclic) bond motifs is 1. The fourth-order valence-electron chi connectivity index (χ4n) is 1.90. The van der Waals surface area contributed by atoms with Crippen molar-refractivity contribution in [2.75, 3.05) is 27.4 Å². The number of hydrogen-bond donors (Lipinski definition) is 1. The molecule has 1 aromatic carbocycles. The van der Waals surface area contributed by atoms with Crippen molar-refractivity contribution >= 4 is 0 Å². The van der Waals surface area contributed by atoms with Crippen LogP contribution in [-0.2, 0) is 6.42 Å². The van der Waals surface area contributed by atoms with E-state index in [4.69, 9.17) is 15.2 Å². The molecule has 1 aromatic rings. The van der Waals surface area contributed by atoms with Crippen LogP contribution in [0.1, 0.15) is 12.5 Å². The zero-order valence-electron chi connectivity index (χ0n) is 10.7. The van der Waals surface area contributed by atoms with E-state index in [9.17, 15) is 0 Å². The van der Waals surface area contributed by atoms with Gasteiger partial charge < -0.3 is 20.1 Å². The van der Waals surface area contributed by atoms with Gasteiger partial charge in [0.1, 0.15) is 0 Å². The van der Waals surface area contributed by atoms with Crippen LogP contribution in [0, 0.1) is 0 Å². The quantitative estimate of drug-likeness (QED) is 0.854. The molecule has 1 heterocycles. The summed E-state index contributed by atoms with van der Waals surface area (Å²) in [6.45, 7) is 3.10. The molecule has 17 heavy (non-hydrogen) atoms. The highest BCUT2D eigenvalue weighted by molar-refractivity contribution is 5.44. The van der Waals surface area contributed by atoms with Crippen LogP contribution in [0.4, 0.5) is 0 Å². The Morgan fingerprint density at radius 1 is 1.29 bits per heavy atom. The molecule has 0 aliphatic carbocycles. The highest BCUT2D eigenvalue weighted by Crippen LogP contribution is 2.33. The number of likely N-dealkylation sites (N-methyl/N-ethyl adjacent to an activating group) is 1. The lowest BCUT2D eigenvalue weighted by Gasteiger charge is -2.35. The Morgan fingerprint density at radius 2 is 2.00 bits per heavy atom. The van der Waals surface area contributed by atoms with E-state index in [-0.39, 0.29) is 5.54 Å². The van der Waals surface area contributed by atoms with Gasteiger partial charge in [0.15, 0.2) is 11.5 Å². The third-order valence-corrected chi connectivity index (χ3v) is 3.54. The van der Waals surface area contributed by atoms with Gasteiger partial charge >= 0.3 is 0 Å². The standard InChI is InChI=1S/C13H20N2O2/c1-13(8-14,15(2)3)7-10-4-5-11-12(6-10)17-9-16-11/h4-6H,7-9,14H2,1-3H3. The Morgan fingerprint density at radius 3 is 2.65 bits per heavy atom. The number of nitrogens with zero attached hydrogens (tertiary/aromatic N) is 1.